The van der Waals surface area contributed by atoms with Gasteiger partial charge in [0, 0.05) is 60.2 Å². The second kappa shape index (κ2) is 9.36. The number of halogens is 1. The summed E-state index contributed by atoms with van der Waals surface area (Å²) in [5.41, 5.74) is 0.412. The fourth-order valence-electron chi connectivity index (χ4n) is 5.36. The molecule has 2 fully saturated rings. The van der Waals surface area contributed by atoms with Crippen LogP contribution in [0, 0.1) is 11.3 Å². The number of aromatic nitrogens is 3. The molecule has 198 valence electrons. The average Bonchev–Trinajstić information content (AvgIpc) is 2.83. The zero-order valence-corrected chi connectivity index (χ0v) is 22.3. The molecule has 2 aromatic heterocycles. The third kappa shape index (κ3) is 5.19. The summed E-state index contributed by atoms with van der Waals surface area (Å²) in [7, 11) is -3.01. The van der Waals surface area contributed by atoms with Crippen molar-refractivity contribution in [3.05, 3.63) is 42.7 Å². The molecule has 2 N–H and O–H groups in total. The molecule has 0 unspecified atom stereocenters. The first-order valence-corrected chi connectivity index (χ1v) is 14.5. The van der Waals surface area contributed by atoms with Gasteiger partial charge < -0.3 is 20.2 Å². The second-order valence-electron chi connectivity index (χ2n) is 11.0. The van der Waals surface area contributed by atoms with Crippen molar-refractivity contribution in [2.75, 3.05) is 46.8 Å². The Morgan fingerprint density at radius 3 is 2.68 bits per heavy atom. The highest BCUT2D eigenvalue weighted by Gasteiger charge is 2.42. The van der Waals surface area contributed by atoms with Crippen LogP contribution in [0.1, 0.15) is 20.8 Å². The van der Waals surface area contributed by atoms with Gasteiger partial charge in [-0.05, 0) is 30.5 Å². The minimum atomic E-state index is -3.01. The third-order valence-electron chi connectivity index (χ3n) is 7.49. The number of piperidine rings is 1. The Kier molecular flexibility index (Phi) is 6.47. The van der Waals surface area contributed by atoms with E-state index >= 15 is 0 Å². The molecule has 2 aliphatic heterocycles. The smallest absolute Gasteiger partial charge is 0.227 e. The number of sulfone groups is 1. The van der Waals surface area contributed by atoms with Gasteiger partial charge in [-0.25, -0.2) is 22.8 Å². The molecule has 0 radical (unpaired) electrons. The van der Waals surface area contributed by atoms with Crippen molar-refractivity contribution in [3.8, 4) is 0 Å². The highest BCUT2D eigenvalue weighted by molar-refractivity contribution is 7.90. The van der Waals surface area contributed by atoms with Crippen LogP contribution in [0.4, 0.5) is 27.7 Å². The first kappa shape index (κ1) is 25.6. The molecule has 0 saturated carbocycles. The zero-order valence-electron chi connectivity index (χ0n) is 21.5. The largest absolute Gasteiger partial charge is 0.389 e. The van der Waals surface area contributed by atoms with E-state index in [0.717, 1.165) is 16.5 Å². The fraction of sp³-hybridized carbons (Fsp3) is 0.500. The first-order valence-electron chi connectivity index (χ1n) is 12.4. The Hall–Kier alpha value is -3.05. The van der Waals surface area contributed by atoms with Crippen LogP contribution < -0.4 is 15.1 Å². The zero-order chi connectivity index (χ0) is 26.5. The normalized spacial score (nSPS) is 25.7. The lowest BCUT2D eigenvalue weighted by atomic mass is 9.80. The maximum Gasteiger partial charge on any atom is 0.227 e. The van der Waals surface area contributed by atoms with Crippen molar-refractivity contribution in [2.24, 2.45) is 11.3 Å². The SMILES string of the molecule is C[C@@H]1[C@@H](CS(C)(=O)=O)CN1c1cccc2cc(Nc3ccnc(N4C[C@H](F)[C@H](O)C(C)(C)C4)n3)ncc12. The number of rotatable bonds is 6. The quantitative estimate of drug-likeness (QED) is 0.498. The molecule has 1 aromatic carbocycles. The molecule has 37 heavy (non-hydrogen) atoms. The Bertz CT molecular complexity index is 1420. The van der Waals surface area contributed by atoms with Crippen LogP contribution in [0.25, 0.3) is 10.8 Å². The van der Waals surface area contributed by atoms with Gasteiger partial charge in [-0.15, -0.1) is 0 Å². The lowest BCUT2D eigenvalue weighted by Crippen LogP contribution is -2.57. The standard InChI is InChI=1S/C26H33FN6O3S/c1-16-18(14-37(4,35)36)12-33(16)21-7-5-6-17-10-23(29-11-19(17)21)30-22-8-9-28-25(31-22)32-13-20(27)24(34)26(2,3)15-32/h5-11,16,18,20,24,34H,12-15H2,1-4H3,(H,28,29,30,31)/t16-,18-,20+,24+/m1/s1. The Labute approximate surface area is 216 Å². The van der Waals surface area contributed by atoms with Gasteiger partial charge in [0.05, 0.1) is 18.4 Å². The number of fused-ring (bicyclic) bond motifs is 1. The summed E-state index contributed by atoms with van der Waals surface area (Å²) in [4.78, 5) is 17.5. The fourth-order valence-corrected chi connectivity index (χ4v) is 6.53. The van der Waals surface area contributed by atoms with E-state index in [1.165, 1.54) is 6.26 Å². The van der Waals surface area contributed by atoms with Crippen LogP contribution in [0.15, 0.2) is 42.7 Å². The van der Waals surface area contributed by atoms with Gasteiger partial charge in [0.15, 0.2) is 0 Å². The molecule has 2 saturated heterocycles. The molecule has 4 heterocycles. The summed E-state index contributed by atoms with van der Waals surface area (Å²) in [6.07, 6.45) is 2.31. The number of nitrogens with one attached hydrogen (secondary N) is 1. The summed E-state index contributed by atoms with van der Waals surface area (Å²) >= 11 is 0. The van der Waals surface area contributed by atoms with Crippen molar-refractivity contribution in [1.29, 1.82) is 0 Å². The summed E-state index contributed by atoms with van der Waals surface area (Å²) < 4.78 is 37.9. The van der Waals surface area contributed by atoms with E-state index in [4.69, 9.17) is 0 Å². The van der Waals surface area contributed by atoms with Crippen molar-refractivity contribution in [3.63, 3.8) is 0 Å². The van der Waals surface area contributed by atoms with Crippen LogP contribution >= 0.6 is 0 Å². The number of pyridine rings is 1. The minimum absolute atomic E-state index is 0.0328. The number of benzene rings is 1. The molecular formula is C26H33FN6O3S. The van der Waals surface area contributed by atoms with E-state index in [2.05, 4.69) is 32.1 Å². The van der Waals surface area contributed by atoms with Gasteiger partial charge in [-0.2, -0.15) is 4.98 Å². The van der Waals surface area contributed by atoms with Gasteiger partial charge in [0.2, 0.25) is 5.95 Å². The molecule has 11 heteroatoms. The highest BCUT2D eigenvalue weighted by Crippen LogP contribution is 2.37. The van der Waals surface area contributed by atoms with E-state index < -0.39 is 27.5 Å². The molecule has 5 rings (SSSR count). The van der Waals surface area contributed by atoms with Gasteiger partial charge >= 0.3 is 0 Å². The minimum Gasteiger partial charge on any atom is -0.389 e. The topological polar surface area (TPSA) is 112 Å². The molecule has 0 aliphatic carbocycles. The summed E-state index contributed by atoms with van der Waals surface area (Å²) in [6, 6.07) is 9.83. The van der Waals surface area contributed by atoms with E-state index in [0.29, 0.717) is 30.7 Å². The molecule has 0 spiro atoms. The number of nitrogens with zero attached hydrogens (tertiary/aromatic N) is 5. The maximum absolute atomic E-state index is 14.4. The predicted octanol–water partition coefficient (Wildman–Crippen LogP) is 3.18. The van der Waals surface area contributed by atoms with E-state index in [1.807, 2.05) is 44.3 Å². The number of alkyl halides is 1. The van der Waals surface area contributed by atoms with Crippen LogP contribution in [-0.2, 0) is 9.84 Å². The Morgan fingerprint density at radius 2 is 1.97 bits per heavy atom. The van der Waals surface area contributed by atoms with Crippen LogP contribution in [0.2, 0.25) is 0 Å². The summed E-state index contributed by atoms with van der Waals surface area (Å²) in [6.45, 7) is 6.89. The van der Waals surface area contributed by atoms with E-state index in [1.54, 1.807) is 17.2 Å². The van der Waals surface area contributed by atoms with Crippen molar-refractivity contribution in [1.82, 2.24) is 15.0 Å². The molecule has 0 amide bonds. The van der Waals surface area contributed by atoms with Crippen LogP contribution in [0.3, 0.4) is 0 Å². The second-order valence-corrected chi connectivity index (χ2v) is 13.2. The van der Waals surface area contributed by atoms with Gasteiger partial charge in [-0.3, -0.25) is 0 Å². The predicted molar refractivity (Wildman–Crippen MR) is 144 cm³/mol. The number of anilines is 4. The van der Waals surface area contributed by atoms with E-state index in [9.17, 15) is 17.9 Å². The Morgan fingerprint density at radius 1 is 1.19 bits per heavy atom. The number of hydrogen-bond acceptors (Lipinski definition) is 9. The van der Waals surface area contributed by atoms with Crippen molar-refractivity contribution < 1.29 is 17.9 Å². The van der Waals surface area contributed by atoms with Gasteiger partial charge in [0.25, 0.3) is 0 Å². The summed E-state index contributed by atoms with van der Waals surface area (Å²) in [5.74, 6) is 1.86. The van der Waals surface area contributed by atoms with Crippen LogP contribution in [-0.4, -0.2) is 78.4 Å². The highest BCUT2D eigenvalue weighted by atomic mass is 32.2. The molecule has 2 aliphatic rings. The van der Waals surface area contributed by atoms with Gasteiger partial charge in [0.1, 0.15) is 27.6 Å². The van der Waals surface area contributed by atoms with Crippen molar-refractivity contribution >= 4 is 43.9 Å². The van der Waals surface area contributed by atoms with Crippen LogP contribution in [0.5, 0.6) is 0 Å². The Balaban J connectivity index is 1.33. The lowest BCUT2D eigenvalue weighted by molar-refractivity contribution is -0.0257. The lowest BCUT2D eigenvalue weighted by Gasteiger charge is -2.48. The monoisotopic (exact) mass is 528 g/mol. The molecule has 9 nitrogen and oxygen atoms in total. The third-order valence-corrected chi connectivity index (χ3v) is 8.53. The first-order chi connectivity index (χ1) is 17.4. The van der Waals surface area contributed by atoms with Gasteiger partial charge in [-0.1, -0.05) is 26.0 Å². The number of aliphatic hydroxyl groups excluding tert-OH is 1. The van der Waals surface area contributed by atoms with E-state index in [-0.39, 0.29) is 24.3 Å². The summed E-state index contributed by atoms with van der Waals surface area (Å²) in [5, 5.41) is 15.4. The molecule has 4 atom stereocenters. The van der Waals surface area contributed by atoms with Crippen molar-refractivity contribution in [2.45, 2.75) is 39.1 Å². The molecule has 3 aromatic rings. The number of aliphatic hydroxyl groups is 1. The number of hydrogen-bond donors (Lipinski definition) is 2. The molecule has 0 bridgehead atoms. The maximum atomic E-state index is 14.4. The average molecular weight is 529 g/mol. The molecular weight excluding hydrogens is 495 g/mol.